The average molecular weight is 432 g/mol. The van der Waals surface area contributed by atoms with E-state index in [2.05, 4.69) is 28.7 Å². The number of rotatable bonds is 5. The lowest BCUT2D eigenvalue weighted by Crippen LogP contribution is -1.99. The van der Waals surface area contributed by atoms with Crippen molar-refractivity contribution in [2.24, 2.45) is 0 Å². The molecule has 1 heterocycles. The van der Waals surface area contributed by atoms with E-state index in [1.54, 1.807) is 24.3 Å². The Hall–Kier alpha value is -3.85. The molecule has 0 aliphatic carbocycles. The summed E-state index contributed by atoms with van der Waals surface area (Å²) < 4.78 is 48.0. The van der Waals surface area contributed by atoms with Crippen LogP contribution in [0.25, 0.3) is 22.2 Å². The van der Waals surface area contributed by atoms with E-state index in [1.807, 2.05) is 0 Å². The minimum Gasteiger partial charge on any atom is -0.490 e. The molecule has 3 nitrogen and oxygen atoms in total. The first-order valence-corrected chi connectivity index (χ1v) is 10.2. The van der Waals surface area contributed by atoms with Gasteiger partial charge < -0.3 is 4.74 Å². The second kappa shape index (κ2) is 9.52. The summed E-state index contributed by atoms with van der Waals surface area (Å²) in [6, 6.07) is 11.8. The van der Waals surface area contributed by atoms with E-state index in [4.69, 9.17) is 4.74 Å². The van der Waals surface area contributed by atoms with Crippen LogP contribution in [0.2, 0.25) is 0 Å². The van der Waals surface area contributed by atoms with Crippen molar-refractivity contribution in [3.05, 3.63) is 89.5 Å². The number of unbranched alkanes of at least 4 members (excludes halogenated alkanes) is 1. The molecule has 160 valence electrons. The first kappa shape index (κ1) is 21.4. The van der Waals surface area contributed by atoms with Gasteiger partial charge in [0.25, 0.3) is 0 Å². The Morgan fingerprint density at radius 1 is 0.844 bits per heavy atom. The molecule has 6 heteroatoms. The fraction of sp³-hybridized carbons (Fsp3) is 0.154. The molecule has 0 aliphatic heterocycles. The lowest BCUT2D eigenvalue weighted by molar-refractivity contribution is 0.307. The predicted molar refractivity (Wildman–Crippen MR) is 118 cm³/mol. The summed E-state index contributed by atoms with van der Waals surface area (Å²) in [5, 5.41) is 1.51. The highest BCUT2D eigenvalue weighted by atomic mass is 19.1. The van der Waals surface area contributed by atoms with Gasteiger partial charge in [-0.1, -0.05) is 37.3 Å². The standard InChI is InChI=1S/C26H19F3N2O/c1-2-3-10-32-22-15-30-26(31-16-22)20-13-24(28)23(25(29)14-20)9-5-17-4-6-19-12-21(27)8-7-18(19)11-17/h4,6-8,11-16H,2-3,10H2,1H3. The number of aromatic nitrogens is 2. The van der Waals surface area contributed by atoms with Crippen molar-refractivity contribution in [1.29, 1.82) is 0 Å². The third-order valence-corrected chi connectivity index (χ3v) is 4.83. The van der Waals surface area contributed by atoms with Gasteiger partial charge in [0.05, 0.1) is 24.6 Å². The largest absolute Gasteiger partial charge is 0.490 e. The molecule has 32 heavy (non-hydrogen) atoms. The van der Waals surface area contributed by atoms with Gasteiger partial charge in [-0.3, -0.25) is 0 Å². The fourth-order valence-electron chi connectivity index (χ4n) is 3.12. The summed E-state index contributed by atoms with van der Waals surface area (Å²) in [7, 11) is 0. The smallest absolute Gasteiger partial charge is 0.159 e. The van der Waals surface area contributed by atoms with Crippen LogP contribution in [0.15, 0.2) is 60.9 Å². The highest BCUT2D eigenvalue weighted by Gasteiger charge is 2.12. The molecule has 0 bridgehead atoms. The second-order valence-corrected chi connectivity index (χ2v) is 7.22. The number of nitrogens with zero attached hydrogens (tertiary/aromatic N) is 2. The number of benzene rings is 3. The van der Waals surface area contributed by atoms with Crippen molar-refractivity contribution in [3.8, 4) is 29.0 Å². The maximum atomic E-state index is 14.6. The van der Waals surface area contributed by atoms with E-state index in [0.29, 0.717) is 17.9 Å². The summed E-state index contributed by atoms with van der Waals surface area (Å²) in [4.78, 5) is 8.27. The molecule has 4 rings (SSSR count). The van der Waals surface area contributed by atoms with Crippen molar-refractivity contribution < 1.29 is 17.9 Å². The van der Waals surface area contributed by atoms with Crippen LogP contribution in [-0.2, 0) is 0 Å². The van der Waals surface area contributed by atoms with Crippen molar-refractivity contribution in [2.45, 2.75) is 19.8 Å². The third kappa shape index (κ3) is 4.89. The maximum Gasteiger partial charge on any atom is 0.159 e. The molecule has 0 spiro atoms. The monoisotopic (exact) mass is 432 g/mol. The number of ether oxygens (including phenoxy) is 1. The Bertz CT molecular complexity index is 1300. The minimum atomic E-state index is -0.803. The third-order valence-electron chi connectivity index (χ3n) is 4.83. The van der Waals surface area contributed by atoms with E-state index in [0.717, 1.165) is 35.7 Å². The molecule has 1 aromatic heterocycles. The van der Waals surface area contributed by atoms with Gasteiger partial charge in [-0.2, -0.15) is 0 Å². The molecule has 0 atom stereocenters. The van der Waals surface area contributed by atoms with Crippen molar-refractivity contribution in [2.75, 3.05) is 6.61 Å². The number of hydrogen-bond acceptors (Lipinski definition) is 3. The normalized spacial score (nSPS) is 10.6. The highest BCUT2D eigenvalue weighted by Crippen LogP contribution is 2.23. The van der Waals surface area contributed by atoms with Gasteiger partial charge in [-0.15, -0.1) is 0 Å². The Kier molecular flexibility index (Phi) is 6.37. The molecule has 0 radical (unpaired) electrons. The molecule has 0 saturated carbocycles. The SMILES string of the molecule is CCCCOc1cnc(-c2cc(F)c(C#Cc3ccc4cc(F)ccc4c3)c(F)c2)nc1. The quantitative estimate of drug-likeness (QED) is 0.275. The minimum absolute atomic E-state index is 0.187. The molecule has 4 aromatic rings. The molecule has 0 unspecified atom stereocenters. The van der Waals surface area contributed by atoms with Gasteiger partial charge >= 0.3 is 0 Å². The second-order valence-electron chi connectivity index (χ2n) is 7.22. The van der Waals surface area contributed by atoms with Gasteiger partial charge in [-0.05, 0) is 53.6 Å². The van der Waals surface area contributed by atoms with Crippen LogP contribution in [0.3, 0.4) is 0 Å². The summed E-state index contributed by atoms with van der Waals surface area (Å²) >= 11 is 0. The molecule has 3 aromatic carbocycles. The van der Waals surface area contributed by atoms with Crippen molar-refractivity contribution in [1.82, 2.24) is 9.97 Å². The van der Waals surface area contributed by atoms with Crippen molar-refractivity contribution >= 4 is 10.8 Å². The summed E-state index contributed by atoms with van der Waals surface area (Å²) in [6.45, 7) is 2.62. The molecule has 0 N–H and O–H groups in total. The topological polar surface area (TPSA) is 35.0 Å². The maximum absolute atomic E-state index is 14.6. The Balaban J connectivity index is 1.57. The Morgan fingerprint density at radius 3 is 2.25 bits per heavy atom. The van der Waals surface area contributed by atoms with Gasteiger partial charge in [0.15, 0.2) is 11.6 Å². The summed E-state index contributed by atoms with van der Waals surface area (Å²) in [6.07, 6.45) is 4.88. The first-order valence-electron chi connectivity index (χ1n) is 10.2. The summed E-state index contributed by atoms with van der Waals surface area (Å²) in [5.74, 6) is 4.08. The zero-order valence-corrected chi connectivity index (χ0v) is 17.3. The van der Waals surface area contributed by atoms with E-state index in [9.17, 15) is 13.2 Å². The van der Waals surface area contributed by atoms with Crippen LogP contribution < -0.4 is 4.74 Å². The number of hydrogen-bond donors (Lipinski definition) is 0. The van der Waals surface area contributed by atoms with E-state index in [1.165, 1.54) is 24.5 Å². The van der Waals surface area contributed by atoms with E-state index < -0.39 is 11.6 Å². The van der Waals surface area contributed by atoms with Crippen LogP contribution in [0.1, 0.15) is 30.9 Å². The zero-order valence-electron chi connectivity index (χ0n) is 17.3. The van der Waals surface area contributed by atoms with Crippen LogP contribution in [0, 0.1) is 29.3 Å². The first-order chi connectivity index (χ1) is 15.5. The fourth-order valence-corrected chi connectivity index (χ4v) is 3.12. The van der Waals surface area contributed by atoms with Gasteiger partial charge in [0.1, 0.15) is 17.5 Å². The predicted octanol–water partition coefficient (Wildman–Crippen LogP) is 6.29. The Labute approximate surface area is 183 Å². The average Bonchev–Trinajstić information content (AvgIpc) is 2.79. The zero-order chi connectivity index (χ0) is 22.5. The van der Waals surface area contributed by atoms with Crippen molar-refractivity contribution in [3.63, 3.8) is 0 Å². The van der Waals surface area contributed by atoms with Crippen LogP contribution in [0.5, 0.6) is 5.75 Å². The molecular weight excluding hydrogens is 413 g/mol. The molecule has 0 saturated heterocycles. The van der Waals surface area contributed by atoms with Gasteiger partial charge in [0.2, 0.25) is 0 Å². The Morgan fingerprint density at radius 2 is 1.53 bits per heavy atom. The van der Waals surface area contributed by atoms with E-state index in [-0.39, 0.29) is 22.8 Å². The van der Waals surface area contributed by atoms with Crippen LogP contribution in [0.4, 0.5) is 13.2 Å². The van der Waals surface area contributed by atoms with Crippen LogP contribution in [-0.4, -0.2) is 16.6 Å². The van der Waals surface area contributed by atoms with Gasteiger partial charge in [0, 0.05) is 11.1 Å². The number of halogens is 3. The highest BCUT2D eigenvalue weighted by molar-refractivity contribution is 5.84. The number of fused-ring (bicyclic) bond motifs is 1. The molecular formula is C26H19F3N2O. The van der Waals surface area contributed by atoms with Gasteiger partial charge in [-0.25, -0.2) is 23.1 Å². The van der Waals surface area contributed by atoms with E-state index >= 15 is 0 Å². The molecule has 0 aliphatic rings. The lowest BCUT2D eigenvalue weighted by Gasteiger charge is -2.06. The summed E-state index contributed by atoms with van der Waals surface area (Å²) in [5.41, 5.74) is 0.430. The molecule has 0 amide bonds. The van der Waals surface area contributed by atoms with Crippen LogP contribution >= 0.6 is 0 Å². The molecule has 0 fully saturated rings. The lowest BCUT2D eigenvalue weighted by atomic mass is 10.1.